The third-order valence-electron chi connectivity index (χ3n) is 7.12. The van der Waals surface area contributed by atoms with Gasteiger partial charge in [-0.25, -0.2) is 0 Å². The SMILES string of the molecule is C[C@@H](c1cccc2ccccc12)N(C)C(=O)C(c1ccccc1)(c1ccccc1)c1ccccc1. The molecule has 1 amide bonds. The highest BCUT2D eigenvalue weighted by atomic mass is 16.2. The van der Waals surface area contributed by atoms with E-state index in [0.29, 0.717) is 0 Å². The van der Waals surface area contributed by atoms with Gasteiger partial charge >= 0.3 is 0 Å². The Labute approximate surface area is 207 Å². The number of benzene rings is 5. The third-order valence-corrected chi connectivity index (χ3v) is 7.12. The molecule has 0 bridgehead atoms. The maximum absolute atomic E-state index is 14.8. The van der Waals surface area contributed by atoms with Gasteiger partial charge in [-0.15, -0.1) is 0 Å². The van der Waals surface area contributed by atoms with Crippen molar-refractivity contribution in [1.29, 1.82) is 0 Å². The lowest BCUT2D eigenvalue weighted by Crippen LogP contribution is -2.47. The molecule has 2 heteroatoms. The number of nitrogens with zero attached hydrogens (tertiary/aromatic N) is 1. The quantitative estimate of drug-likeness (QED) is 0.244. The predicted molar refractivity (Wildman–Crippen MR) is 144 cm³/mol. The molecule has 172 valence electrons. The summed E-state index contributed by atoms with van der Waals surface area (Å²) in [7, 11) is 1.93. The van der Waals surface area contributed by atoms with Gasteiger partial charge in [0.15, 0.2) is 0 Å². The summed E-state index contributed by atoms with van der Waals surface area (Å²) in [6.07, 6.45) is 0. The fourth-order valence-corrected chi connectivity index (χ4v) is 5.20. The van der Waals surface area contributed by atoms with E-state index in [1.807, 2.05) is 66.5 Å². The van der Waals surface area contributed by atoms with Gasteiger partial charge in [-0.1, -0.05) is 133 Å². The van der Waals surface area contributed by atoms with Crippen LogP contribution in [0.5, 0.6) is 0 Å². The minimum atomic E-state index is -0.975. The van der Waals surface area contributed by atoms with Gasteiger partial charge in [0.2, 0.25) is 5.91 Å². The summed E-state index contributed by atoms with van der Waals surface area (Å²) in [4.78, 5) is 16.8. The zero-order valence-corrected chi connectivity index (χ0v) is 20.1. The maximum Gasteiger partial charge on any atom is 0.242 e. The van der Waals surface area contributed by atoms with Gasteiger partial charge in [0.05, 0.1) is 6.04 Å². The van der Waals surface area contributed by atoms with E-state index in [2.05, 4.69) is 85.8 Å². The molecule has 5 aromatic carbocycles. The van der Waals surface area contributed by atoms with Crippen molar-refractivity contribution < 1.29 is 4.79 Å². The summed E-state index contributed by atoms with van der Waals surface area (Å²) in [6, 6.07) is 45.0. The summed E-state index contributed by atoms with van der Waals surface area (Å²) in [5.41, 5.74) is 3.04. The van der Waals surface area contributed by atoms with E-state index in [0.717, 1.165) is 22.3 Å². The third kappa shape index (κ3) is 3.91. The largest absolute Gasteiger partial charge is 0.338 e. The van der Waals surface area contributed by atoms with E-state index in [1.165, 1.54) is 10.8 Å². The van der Waals surface area contributed by atoms with Crippen molar-refractivity contribution in [2.75, 3.05) is 7.05 Å². The van der Waals surface area contributed by atoms with E-state index in [-0.39, 0.29) is 11.9 Å². The van der Waals surface area contributed by atoms with Crippen molar-refractivity contribution in [3.8, 4) is 0 Å². The summed E-state index contributed by atoms with van der Waals surface area (Å²) < 4.78 is 0. The molecule has 0 saturated heterocycles. The number of carbonyl (C=O) groups is 1. The van der Waals surface area contributed by atoms with Crippen molar-refractivity contribution in [2.24, 2.45) is 0 Å². The maximum atomic E-state index is 14.8. The molecule has 0 aliphatic carbocycles. The highest BCUT2D eigenvalue weighted by Gasteiger charge is 2.46. The van der Waals surface area contributed by atoms with E-state index in [1.54, 1.807) is 0 Å². The van der Waals surface area contributed by atoms with E-state index >= 15 is 0 Å². The minimum absolute atomic E-state index is 0.0431. The number of likely N-dealkylation sites (N-methyl/N-ethyl adjacent to an activating group) is 1. The van der Waals surface area contributed by atoms with Crippen LogP contribution in [0.4, 0.5) is 0 Å². The molecular formula is C33H29NO. The summed E-state index contributed by atoms with van der Waals surface area (Å²) in [6.45, 7) is 2.12. The molecular weight excluding hydrogens is 426 g/mol. The molecule has 0 fully saturated rings. The zero-order valence-electron chi connectivity index (χ0n) is 20.1. The van der Waals surface area contributed by atoms with Gasteiger partial charge in [-0.2, -0.15) is 0 Å². The summed E-state index contributed by atoms with van der Waals surface area (Å²) in [5, 5.41) is 2.35. The van der Waals surface area contributed by atoms with Crippen molar-refractivity contribution in [1.82, 2.24) is 4.90 Å². The molecule has 0 spiro atoms. The Morgan fingerprint density at radius 1 is 0.600 bits per heavy atom. The van der Waals surface area contributed by atoms with Crippen LogP contribution in [0.15, 0.2) is 133 Å². The standard InChI is InChI=1S/C33H29NO/c1-25(30-24-14-16-26-15-12-13-23-31(26)30)34(2)32(35)33(27-17-6-3-7-18-27,28-19-8-4-9-20-28)29-21-10-5-11-22-29/h3-25H,1-2H3/t25-/m0/s1. The molecule has 0 N–H and O–H groups in total. The minimum Gasteiger partial charge on any atom is -0.338 e. The number of carbonyl (C=O) groups excluding carboxylic acids is 1. The van der Waals surface area contributed by atoms with Crippen LogP contribution >= 0.6 is 0 Å². The number of rotatable bonds is 6. The molecule has 0 radical (unpaired) electrons. The molecule has 0 aliphatic heterocycles. The first-order chi connectivity index (χ1) is 17.1. The van der Waals surface area contributed by atoms with Crippen LogP contribution < -0.4 is 0 Å². The summed E-state index contributed by atoms with van der Waals surface area (Å²) >= 11 is 0. The van der Waals surface area contributed by atoms with Gasteiger partial charge in [-0.05, 0) is 39.9 Å². The second-order valence-corrected chi connectivity index (χ2v) is 9.01. The highest BCUT2D eigenvalue weighted by molar-refractivity contribution is 5.97. The summed E-state index contributed by atoms with van der Waals surface area (Å²) in [5.74, 6) is 0.0431. The van der Waals surface area contributed by atoms with Crippen molar-refractivity contribution in [2.45, 2.75) is 18.4 Å². The Bertz CT molecular complexity index is 1330. The lowest BCUT2D eigenvalue weighted by molar-refractivity contribution is -0.135. The van der Waals surface area contributed by atoms with Crippen molar-refractivity contribution >= 4 is 16.7 Å². The molecule has 5 aromatic rings. The zero-order chi connectivity index (χ0) is 24.3. The van der Waals surface area contributed by atoms with E-state index in [4.69, 9.17) is 0 Å². The topological polar surface area (TPSA) is 20.3 Å². The normalized spacial score (nSPS) is 12.3. The molecule has 0 aliphatic rings. The van der Waals surface area contributed by atoms with Crippen molar-refractivity contribution in [3.05, 3.63) is 156 Å². The van der Waals surface area contributed by atoms with Crippen molar-refractivity contribution in [3.63, 3.8) is 0 Å². The van der Waals surface area contributed by atoms with Crippen LogP contribution in [0.25, 0.3) is 10.8 Å². The smallest absolute Gasteiger partial charge is 0.242 e. The average Bonchev–Trinajstić information content (AvgIpc) is 2.94. The molecule has 0 heterocycles. The van der Waals surface area contributed by atoms with E-state index in [9.17, 15) is 4.79 Å². The Balaban J connectivity index is 1.71. The number of hydrogen-bond donors (Lipinski definition) is 0. The van der Waals surface area contributed by atoms with Crippen LogP contribution in [0.3, 0.4) is 0 Å². The van der Waals surface area contributed by atoms with Crippen LogP contribution in [0.1, 0.15) is 35.2 Å². The van der Waals surface area contributed by atoms with Gasteiger partial charge < -0.3 is 4.90 Å². The number of fused-ring (bicyclic) bond motifs is 1. The lowest BCUT2D eigenvalue weighted by atomic mass is 9.68. The molecule has 1 atom stereocenters. The lowest BCUT2D eigenvalue weighted by Gasteiger charge is -2.40. The molecule has 0 aromatic heterocycles. The first-order valence-electron chi connectivity index (χ1n) is 12.1. The van der Waals surface area contributed by atoms with Gasteiger partial charge in [-0.3, -0.25) is 4.79 Å². The fraction of sp³-hybridized carbons (Fsp3) is 0.121. The molecule has 0 unspecified atom stereocenters. The van der Waals surface area contributed by atoms with E-state index < -0.39 is 5.41 Å². The van der Waals surface area contributed by atoms with Gasteiger partial charge in [0, 0.05) is 7.05 Å². The molecule has 0 saturated carbocycles. The van der Waals surface area contributed by atoms with Crippen LogP contribution in [0.2, 0.25) is 0 Å². The number of hydrogen-bond acceptors (Lipinski definition) is 1. The first-order valence-corrected chi connectivity index (χ1v) is 12.1. The van der Waals surface area contributed by atoms with Gasteiger partial charge in [0.25, 0.3) is 0 Å². The Morgan fingerprint density at radius 3 is 1.54 bits per heavy atom. The predicted octanol–water partition coefficient (Wildman–Crippen LogP) is 7.39. The van der Waals surface area contributed by atoms with Gasteiger partial charge in [0.1, 0.15) is 5.41 Å². The Hall–Kier alpha value is -4.17. The average molecular weight is 456 g/mol. The Morgan fingerprint density at radius 2 is 1.03 bits per heavy atom. The number of amides is 1. The molecule has 2 nitrogen and oxygen atoms in total. The molecule has 5 rings (SSSR count). The van der Waals surface area contributed by atoms with Crippen LogP contribution in [-0.2, 0) is 10.2 Å². The second-order valence-electron chi connectivity index (χ2n) is 9.01. The highest BCUT2D eigenvalue weighted by Crippen LogP contribution is 2.42. The molecule has 35 heavy (non-hydrogen) atoms. The second kappa shape index (κ2) is 9.60. The first kappa shape index (κ1) is 22.6. The van der Waals surface area contributed by atoms with Crippen LogP contribution in [0, 0.1) is 0 Å². The fourth-order valence-electron chi connectivity index (χ4n) is 5.20. The monoisotopic (exact) mass is 455 g/mol. The Kier molecular flexibility index (Phi) is 6.20. The van der Waals surface area contributed by atoms with Crippen LogP contribution in [-0.4, -0.2) is 17.9 Å².